The van der Waals surface area contributed by atoms with Crippen molar-refractivity contribution in [3.8, 4) is 0 Å². The fraction of sp³-hybridized carbons (Fsp3) is 0.667. The molecule has 0 aromatic rings. The quantitative estimate of drug-likeness (QED) is 0.539. The maximum absolute atomic E-state index is 10.8. The Bertz CT molecular complexity index is 136. The van der Waals surface area contributed by atoms with E-state index in [1.807, 2.05) is 0 Å². The molecule has 0 radical (unpaired) electrons. The minimum absolute atomic E-state index is 0.115. The Morgan fingerprint density at radius 3 is 2.60 bits per heavy atom. The molecule has 0 saturated heterocycles. The number of hydrogen-bond acceptors (Lipinski definition) is 2. The van der Waals surface area contributed by atoms with E-state index in [2.05, 4.69) is 15.9 Å². The fourth-order valence-electron chi connectivity index (χ4n) is 0.403. The van der Waals surface area contributed by atoms with E-state index in [1.165, 1.54) is 0 Å². The first-order valence-corrected chi connectivity index (χ1v) is 4.19. The average molecular weight is 227 g/mol. The van der Waals surface area contributed by atoms with Crippen LogP contribution < -0.4 is 0 Å². The smallest absolute Gasteiger partial charge is 0.151 e. The highest BCUT2D eigenvalue weighted by Crippen LogP contribution is 2.07. The predicted molar refractivity (Wildman–Crippen MR) is 43.7 cm³/mol. The van der Waals surface area contributed by atoms with Gasteiger partial charge in [-0.15, -0.1) is 11.6 Å². The molecule has 0 aromatic carbocycles. The number of rotatable bonds is 4. The van der Waals surface area contributed by atoms with Crippen molar-refractivity contribution in [3.05, 3.63) is 0 Å². The predicted octanol–water partition coefficient (Wildman–Crippen LogP) is 1.54. The molecule has 0 aromatic heterocycles. The number of ketones is 1. The summed E-state index contributed by atoms with van der Waals surface area (Å²) in [7, 11) is 0. The standard InChI is InChI=1S/C6H8BrClO2/c1-4(8)6(10)2-5(7)3-9/h3-5H,2H2,1H3. The molecule has 0 spiro atoms. The van der Waals surface area contributed by atoms with Crippen LogP contribution in [0.15, 0.2) is 0 Å². The molecular weight excluding hydrogens is 219 g/mol. The number of aldehydes is 1. The summed E-state index contributed by atoms with van der Waals surface area (Å²) in [5.74, 6) is -0.115. The molecule has 2 atom stereocenters. The zero-order valence-electron chi connectivity index (χ0n) is 5.51. The van der Waals surface area contributed by atoms with E-state index in [1.54, 1.807) is 6.92 Å². The lowest BCUT2D eigenvalue weighted by Crippen LogP contribution is -2.15. The maximum atomic E-state index is 10.8. The number of halogens is 2. The second-order valence-corrected chi connectivity index (χ2v) is 3.77. The van der Waals surface area contributed by atoms with Crippen molar-refractivity contribution in [2.45, 2.75) is 23.5 Å². The third kappa shape index (κ3) is 4.01. The number of hydrogen-bond donors (Lipinski definition) is 0. The Labute approximate surface area is 73.1 Å². The normalized spacial score (nSPS) is 15.9. The Balaban J connectivity index is 3.68. The Hall–Kier alpha value is 0.110. The minimum Gasteiger partial charge on any atom is -0.302 e. The van der Waals surface area contributed by atoms with Gasteiger partial charge in [0.25, 0.3) is 0 Å². The van der Waals surface area contributed by atoms with Gasteiger partial charge in [-0.2, -0.15) is 0 Å². The van der Waals surface area contributed by atoms with Crippen molar-refractivity contribution in [1.82, 2.24) is 0 Å². The van der Waals surface area contributed by atoms with E-state index in [-0.39, 0.29) is 17.0 Å². The van der Waals surface area contributed by atoms with Crippen LogP contribution in [0.1, 0.15) is 13.3 Å². The summed E-state index contributed by atoms with van der Waals surface area (Å²) in [6, 6.07) is 0. The van der Waals surface area contributed by atoms with Gasteiger partial charge < -0.3 is 4.79 Å². The van der Waals surface area contributed by atoms with E-state index < -0.39 is 5.38 Å². The summed E-state index contributed by atoms with van der Waals surface area (Å²) in [4.78, 5) is 20.4. The zero-order valence-corrected chi connectivity index (χ0v) is 7.85. The number of carbonyl (C=O) groups is 2. The summed E-state index contributed by atoms with van der Waals surface area (Å²) in [5.41, 5.74) is 0. The van der Waals surface area contributed by atoms with Gasteiger partial charge in [0.05, 0.1) is 10.2 Å². The summed E-state index contributed by atoms with van der Waals surface area (Å²) in [6.45, 7) is 1.59. The highest BCUT2D eigenvalue weighted by molar-refractivity contribution is 9.10. The molecule has 0 saturated carbocycles. The molecular formula is C6H8BrClO2. The zero-order chi connectivity index (χ0) is 8.15. The molecule has 0 N–H and O–H groups in total. The molecule has 2 unspecified atom stereocenters. The average Bonchev–Trinajstić information content (AvgIpc) is 1.87. The van der Waals surface area contributed by atoms with E-state index in [4.69, 9.17) is 11.6 Å². The lowest BCUT2D eigenvalue weighted by atomic mass is 10.2. The van der Waals surface area contributed by atoms with E-state index in [0.29, 0.717) is 6.29 Å². The molecule has 0 aliphatic carbocycles. The molecule has 4 heteroatoms. The van der Waals surface area contributed by atoms with Crippen LogP contribution in [-0.4, -0.2) is 22.3 Å². The van der Waals surface area contributed by atoms with Gasteiger partial charge in [0.1, 0.15) is 6.29 Å². The second kappa shape index (κ2) is 4.85. The van der Waals surface area contributed by atoms with Gasteiger partial charge in [-0.05, 0) is 6.92 Å². The first-order chi connectivity index (χ1) is 4.57. The van der Waals surface area contributed by atoms with Crippen LogP contribution in [0.25, 0.3) is 0 Å². The van der Waals surface area contributed by atoms with Crippen LogP contribution in [0, 0.1) is 0 Å². The van der Waals surface area contributed by atoms with Crippen LogP contribution in [0.5, 0.6) is 0 Å². The molecule has 0 amide bonds. The number of carbonyl (C=O) groups excluding carboxylic acids is 2. The van der Waals surface area contributed by atoms with Crippen molar-refractivity contribution in [3.63, 3.8) is 0 Å². The Morgan fingerprint density at radius 1 is 1.80 bits per heavy atom. The van der Waals surface area contributed by atoms with Crippen LogP contribution in [0.4, 0.5) is 0 Å². The maximum Gasteiger partial charge on any atom is 0.151 e. The fourth-order valence-corrected chi connectivity index (χ4v) is 0.811. The SMILES string of the molecule is CC(Cl)C(=O)CC(Br)C=O. The van der Waals surface area contributed by atoms with Crippen molar-refractivity contribution < 1.29 is 9.59 Å². The monoisotopic (exact) mass is 226 g/mol. The molecule has 0 rings (SSSR count). The topological polar surface area (TPSA) is 34.1 Å². The molecule has 0 bridgehead atoms. The van der Waals surface area contributed by atoms with E-state index >= 15 is 0 Å². The van der Waals surface area contributed by atoms with Crippen molar-refractivity contribution in [2.24, 2.45) is 0 Å². The van der Waals surface area contributed by atoms with Crippen molar-refractivity contribution >= 4 is 39.6 Å². The molecule has 0 aliphatic heterocycles. The third-order valence-electron chi connectivity index (χ3n) is 0.988. The molecule has 2 nitrogen and oxygen atoms in total. The first kappa shape index (κ1) is 10.1. The summed E-state index contributed by atoms with van der Waals surface area (Å²) in [5, 5.41) is -0.500. The van der Waals surface area contributed by atoms with E-state index in [9.17, 15) is 9.59 Å². The van der Waals surface area contributed by atoms with Crippen LogP contribution >= 0.6 is 27.5 Å². The number of alkyl halides is 2. The van der Waals surface area contributed by atoms with Gasteiger partial charge in [0.2, 0.25) is 0 Å². The Morgan fingerprint density at radius 2 is 2.30 bits per heavy atom. The van der Waals surface area contributed by atoms with Gasteiger partial charge in [-0.1, -0.05) is 15.9 Å². The molecule has 0 aliphatic rings. The summed E-state index contributed by atoms with van der Waals surface area (Å²) in [6.07, 6.45) is 0.853. The van der Waals surface area contributed by atoms with Crippen LogP contribution in [0.2, 0.25) is 0 Å². The number of Topliss-reactive ketones (excluding diaryl/α,β-unsaturated/α-hetero) is 1. The highest BCUT2D eigenvalue weighted by Gasteiger charge is 2.13. The van der Waals surface area contributed by atoms with Crippen LogP contribution in [-0.2, 0) is 9.59 Å². The molecule has 0 heterocycles. The van der Waals surface area contributed by atoms with E-state index in [0.717, 1.165) is 0 Å². The lowest BCUT2D eigenvalue weighted by molar-refractivity contribution is -0.119. The van der Waals surface area contributed by atoms with Gasteiger partial charge in [0, 0.05) is 6.42 Å². The minimum atomic E-state index is -0.500. The highest BCUT2D eigenvalue weighted by atomic mass is 79.9. The van der Waals surface area contributed by atoms with Crippen LogP contribution in [0.3, 0.4) is 0 Å². The molecule has 58 valence electrons. The lowest BCUT2D eigenvalue weighted by Gasteiger charge is -2.01. The van der Waals surface area contributed by atoms with Crippen molar-refractivity contribution in [1.29, 1.82) is 0 Å². The molecule has 10 heavy (non-hydrogen) atoms. The van der Waals surface area contributed by atoms with Crippen molar-refractivity contribution in [2.75, 3.05) is 0 Å². The van der Waals surface area contributed by atoms with Gasteiger partial charge in [-0.3, -0.25) is 4.79 Å². The third-order valence-corrected chi connectivity index (χ3v) is 1.77. The Kier molecular flexibility index (Phi) is 4.91. The molecule has 0 fully saturated rings. The summed E-state index contributed by atoms with van der Waals surface area (Å²) >= 11 is 8.44. The summed E-state index contributed by atoms with van der Waals surface area (Å²) < 4.78 is 0. The van der Waals surface area contributed by atoms with Gasteiger partial charge in [0.15, 0.2) is 5.78 Å². The first-order valence-electron chi connectivity index (χ1n) is 2.84. The largest absolute Gasteiger partial charge is 0.302 e. The van der Waals surface area contributed by atoms with Gasteiger partial charge >= 0.3 is 0 Å². The van der Waals surface area contributed by atoms with Gasteiger partial charge in [-0.25, -0.2) is 0 Å². The second-order valence-electron chi connectivity index (χ2n) is 1.94.